The van der Waals surface area contributed by atoms with Crippen molar-refractivity contribution in [3.05, 3.63) is 79.8 Å². The van der Waals surface area contributed by atoms with Crippen LogP contribution in [0.1, 0.15) is 17.5 Å². The average Bonchev–Trinajstić information content (AvgIpc) is 3.21. The molecule has 8 heteroatoms. The van der Waals surface area contributed by atoms with E-state index in [1.165, 1.54) is 15.9 Å². The number of nitrogens with zero attached hydrogens (tertiary/aromatic N) is 3. The van der Waals surface area contributed by atoms with Crippen LogP contribution in [0.3, 0.4) is 0 Å². The van der Waals surface area contributed by atoms with E-state index in [0.717, 1.165) is 5.56 Å². The third-order valence-corrected chi connectivity index (χ3v) is 5.34. The van der Waals surface area contributed by atoms with Gasteiger partial charge in [0.2, 0.25) is 4.96 Å². The summed E-state index contributed by atoms with van der Waals surface area (Å²) in [6.07, 6.45) is 1.33. The molecule has 1 aliphatic rings. The van der Waals surface area contributed by atoms with E-state index in [1.807, 2.05) is 36.4 Å². The van der Waals surface area contributed by atoms with E-state index in [2.05, 4.69) is 10.1 Å². The van der Waals surface area contributed by atoms with Crippen molar-refractivity contribution in [3.8, 4) is 11.5 Å². The summed E-state index contributed by atoms with van der Waals surface area (Å²) in [6.45, 7) is 0.296. The summed E-state index contributed by atoms with van der Waals surface area (Å²) < 4.78 is 13.5. The molecule has 0 fully saturated rings. The van der Waals surface area contributed by atoms with Gasteiger partial charge < -0.3 is 9.47 Å². The molecule has 0 saturated carbocycles. The summed E-state index contributed by atoms with van der Waals surface area (Å²) in [5.74, 6) is 1.77. The van der Waals surface area contributed by atoms with Gasteiger partial charge in [0, 0.05) is 5.02 Å². The Morgan fingerprint density at radius 3 is 2.85 bits per heavy atom. The van der Waals surface area contributed by atoms with E-state index in [-0.39, 0.29) is 5.56 Å². The summed E-state index contributed by atoms with van der Waals surface area (Å²) in [5, 5.41) is 4.96. The number of aromatic nitrogens is 3. The van der Waals surface area contributed by atoms with Gasteiger partial charge in [-0.2, -0.15) is 9.50 Å². The minimum absolute atomic E-state index is 0.217. The van der Waals surface area contributed by atoms with E-state index >= 15 is 0 Å². The Bertz CT molecular complexity index is 1270. The molecule has 2 aromatic carbocycles. The highest BCUT2D eigenvalue weighted by molar-refractivity contribution is 7.15. The molecule has 0 radical (unpaired) electrons. The average molecular weight is 398 g/mol. The third-order valence-electron chi connectivity index (χ3n) is 4.14. The van der Waals surface area contributed by atoms with Crippen LogP contribution < -0.4 is 19.6 Å². The first kappa shape index (κ1) is 16.3. The Morgan fingerprint density at radius 1 is 1.19 bits per heavy atom. The maximum absolute atomic E-state index is 12.6. The lowest BCUT2D eigenvalue weighted by atomic mass is 10.2. The molecule has 6 nitrogen and oxygen atoms in total. The first-order valence-electron chi connectivity index (χ1n) is 8.23. The van der Waals surface area contributed by atoms with E-state index < -0.39 is 6.10 Å². The quantitative estimate of drug-likeness (QED) is 0.520. The highest BCUT2D eigenvalue weighted by Gasteiger charge is 2.26. The Kier molecular flexibility index (Phi) is 3.84. The third kappa shape index (κ3) is 2.94. The van der Waals surface area contributed by atoms with Crippen LogP contribution in [0.2, 0.25) is 5.02 Å². The lowest BCUT2D eigenvalue weighted by Gasteiger charge is -2.24. The van der Waals surface area contributed by atoms with Crippen LogP contribution in [0.15, 0.2) is 53.3 Å². The van der Waals surface area contributed by atoms with Gasteiger partial charge in [0.15, 0.2) is 23.4 Å². The highest BCUT2D eigenvalue weighted by Crippen LogP contribution is 2.35. The minimum atomic E-state index is -0.452. The predicted molar refractivity (Wildman–Crippen MR) is 103 cm³/mol. The molecule has 1 aliphatic heterocycles. The number of para-hydroxylation sites is 2. The zero-order chi connectivity index (χ0) is 18.4. The van der Waals surface area contributed by atoms with Gasteiger partial charge in [-0.15, -0.1) is 5.10 Å². The molecular formula is C19H12ClN3O3S. The fourth-order valence-electron chi connectivity index (χ4n) is 2.88. The summed E-state index contributed by atoms with van der Waals surface area (Å²) in [6, 6.07) is 14.7. The van der Waals surface area contributed by atoms with E-state index in [4.69, 9.17) is 21.1 Å². The smallest absolute Gasteiger partial charge is 0.291 e. The highest BCUT2D eigenvalue weighted by atomic mass is 35.5. The second kappa shape index (κ2) is 6.37. The normalized spacial score (nSPS) is 16.8. The largest absolute Gasteiger partial charge is 0.485 e. The van der Waals surface area contributed by atoms with Gasteiger partial charge in [-0.1, -0.05) is 47.2 Å². The van der Waals surface area contributed by atoms with Crippen LogP contribution in [0.5, 0.6) is 11.5 Å². The van der Waals surface area contributed by atoms with Crippen molar-refractivity contribution in [2.45, 2.75) is 6.10 Å². The molecule has 2 aromatic heterocycles. The Labute approximate surface area is 162 Å². The Hall–Kier alpha value is -2.90. The molecule has 0 aliphatic carbocycles. The predicted octanol–water partition coefficient (Wildman–Crippen LogP) is 2.86. The molecule has 3 heterocycles. The number of ether oxygens (including phenoxy) is 2. The summed E-state index contributed by atoms with van der Waals surface area (Å²) in [5.41, 5.74) is 0.635. The molecular weight excluding hydrogens is 386 g/mol. The molecule has 0 bridgehead atoms. The lowest BCUT2D eigenvalue weighted by molar-refractivity contribution is 0.0852. The van der Waals surface area contributed by atoms with Crippen LogP contribution >= 0.6 is 22.9 Å². The topological polar surface area (TPSA) is 65.7 Å². The second-order valence-corrected chi connectivity index (χ2v) is 7.44. The Balaban J connectivity index is 1.50. The molecule has 27 heavy (non-hydrogen) atoms. The monoisotopic (exact) mass is 397 g/mol. The lowest BCUT2D eigenvalue weighted by Crippen LogP contribution is -2.26. The van der Waals surface area contributed by atoms with Crippen molar-refractivity contribution in [1.29, 1.82) is 0 Å². The SMILES string of the molecule is O=c1/c(=C/c2cccc(Cl)c2)sc2nc([C@@H]3COc4ccccc4O3)nn12. The van der Waals surface area contributed by atoms with Crippen molar-refractivity contribution in [2.75, 3.05) is 6.61 Å². The molecule has 134 valence electrons. The van der Waals surface area contributed by atoms with E-state index in [0.29, 0.717) is 38.4 Å². The van der Waals surface area contributed by atoms with Gasteiger partial charge in [0.25, 0.3) is 5.56 Å². The van der Waals surface area contributed by atoms with Crippen LogP contribution in [0.4, 0.5) is 0 Å². The Morgan fingerprint density at radius 2 is 2.04 bits per heavy atom. The van der Waals surface area contributed by atoms with Gasteiger partial charge in [-0.05, 0) is 35.9 Å². The molecule has 0 amide bonds. The van der Waals surface area contributed by atoms with Gasteiger partial charge in [-0.3, -0.25) is 4.79 Å². The van der Waals surface area contributed by atoms with Crippen LogP contribution in [0.25, 0.3) is 11.0 Å². The van der Waals surface area contributed by atoms with E-state index in [1.54, 1.807) is 18.2 Å². The summed E-state index contributed by atoms with van der Waals surface area (Å²) in [7, 11) is 0. The number of benzene rings is 2. The molecule has 0 N–H and O–H groups in total. The number of hydrogen-bond acceptors (Lipinski definition) is 6. The maximum Gasteiger partial charge on any atom is 0.291 e. The first-order valence-corrected chi connectivity index (χ1v) is 9.42. The minimum Gasteiger partial charge on any atom is -0.485 e. The molecule has 0 saturated heterocycles. The first-order chi connectivity index (χ1) is 13.2. The number of thiazole rings is 1. The van der Waals surface area contributed by atoms with Crippen molar-refractivity contribution < 1.29 is 9.47 Å². The van der Waals surface area contributed by atoms with Crippen LogP contribution in [-0.4, -0.2) is 21.2 Å². The van der Waals surface area contributed by atoms with Crippen LogP contribution in [0, 0.1) is 0 Å². The molecule has 5 rings (SSSR count). The van der Waals surface area contributed by atoms with Gasteiger partial charge >= 0.3 is 0 Å². The number of hydrogen-bond donors (Lipinski definition) is 0. The van der Waals surface area contributed by atoms with Crippen molar-refractivity contribution in [2.24, 2.45) is 0 Å². The zero-order valence-electron chi connectivity index (χ0n) is 13.8. The molecule has 4 aromatic rings. The molecule has 1 atom stereocenters. The van der Waals surface area contributed by atoms with Crippen molar-refractivity contribution >= 4 is 34.0 Å². The van der Waals surface area contributed by atoms with Crippen molar-refractivity contribution in [3.63, 3.8) is 0 Å². The fraction of sp³-hybridized carbons (Fsp3) is 0.105. The molecule has 0 unspecified atom stereocenters. The van der Waals surface area contributed by atoms with Crippen molar-refractivity contribution in [1.82, 2.24) is 14.6 Å². The fourth-order valence-corrected chi connectivity index (χ4v) is 3.99. The molecule has 0 spiro atoms. The summed E-state index contributed by atoms with van der Waals surface area (Å²) >= 11 is 7.28. The second-order valence-electron chi connectivity index (χ2n) is 6.00. The van der Waals surface area contributed by atoms with Gasteiger partial charge in [0.1, 0.15) is 6.61 Å². The maximum atomic E-state index is 12.6. The number of halogens is 1. The zero-order valence-corrected chi connectivity index (χ0v) is 15.4. The van der Waals surface area contributed by atoms with Gasteiger partial charge in [-0.25, -0.2) is 0 Å². The standard InChI is InChI=1S/C19H12ClN3O3S/c20-12-5-3-4-11(8-12)9-16-18(24)23-19(27-16)21-17(22-23)15-10-25-13-6-1-2-7-14(13)26-15/h1-9,15H,10H2/b16-9-/t15-/m0/s1. The number of fused-ring (bicyclic) bond motifs is 2. The number of rotatable bonds is 2. The summed E-state index contributed by atoms with van der Waals surface area (Å²) in [4.78, 5) is 17.6. The van der Waals surface area contributed by atoms with E-state index in [9.17, 15) is 4.79 Å². The van der Waals surface area contributed by atoms with Crippen LogP contribution in [-0.2, 0) is 0 Å². The van der Waals surface area contributed by atoms with Gasteiger partial charge in [0.05, 0.1) is 4.53 Å².